The Morgan fingerprint density at radius 2 is 2.21 bits per heavy atom. The number of rotatable bonds is 9. The van der Waals surface area contributed by atoms with Crippen LogP contribution in [0.15, 0.2) is 0 Å². The van der Waals surface area contributed by atoms with Crippen LogP contribution in [-0.2, 0) is 14.8 Å². The van der Waals surface area contributed by atoms with Gasteiger partial charge in [0.1, 0.15) is 0 Å². The minimum atomic E-state index is -3.15. The van der Waals surface area contributed by atoms with E-state index in [1.807, 2.05) is 11.9 Å². The van der Waals surface area contributed by atoms with Gasteiger partial charge < -0.3 is 15.0 Å². The number of hydrogen-bond acceptors (Lipinski definition) is 5. The first-order valence-electron chi connectivity index (χ1n) is 6.89. The molecule has 7 heteroatoms. The number of ether oxygens (including phenoxy) is 1. The fourth-order valence-corrected chi connectivity index (χ4v) is 3.61. The molecule has 1 rings (SSSR count). The van der Waals surface area contributed by atoms with Crippen molar-refractivity contribution in [3.8, 4) is 0 Å². The molecular formula is C12H27N3O3S. The maximum Gasteiger partial charge on any atom is 0.211 e. The average Bonchev–Trinajstić information content (AvgIpc) is 2.36. The van der Waals surface area contributed by atoms with E-state index >= 15 is 0 Å². The predicted molar refractivity (Wildman–Crippen MR) is 76.8 cm³/mol. The molecule has 0 aromatic heterocycles. The third kappa shape index (κ3) is 7.84. The lowest BCUT2D eigenvalue weighted by Gasteiger charge is -2.23. The van der Waals surface area contributed by atoms with Gasteiger partial charge in [0.15, 0.2) is 0 Å². The summed E-state index contributed by atoms with van der Waals surface area (Å²) in [6.45, 7) is 4.46. The largest absolute Gasteiger partial charge is 0.383 e. The molecule has 1 atom stereocenters. The zero-order valence-corrected chi connectivity index (χ0v) is 12.8. The van der Waals surface area contributed by atoms with E-state index < -0.39 is 10.0 Å². The van der Waals surface area contributed by atoms with Crippen molar-refractivity contribution in [1.82, 2.24) is 14.9 Å². The number of methoxy groups -OCH3 is 1. The highest BCUT2D eigenvalue weighted by Crippen LogP contribution is 2.11. The summed E-state index contributed by atoms with van der Waals surface area (Å²) < 4.78 is 31.5. The molecule has 1 aliphatic rings. The Morgan fingerprint density at radius 1 is 1.42 bits per heavy atom. The van der Waals surface area contributed by atoms with Crippen LogP contribution in [0, 0.1) is 5.92 Å². The van der Waals surface area contributed by atoms with Crippen LogP contribution >= 0.6 is 0 Å². The van der Waals surface area contributed by atoms with Crippen molar-refractivity contribution in [2.45, 2.75) is 12.8 Å². The summed E-state index contributed by atoms with van der Waals surface area (Å²) in [6.07, 6.45) is 2.07. The van der Waals surface area contributed by atoms with Crippen molar-refractivity contribution in [2.75, 3.05) is 59.2 Å². The molecule has 0 amide bonds. The highest BCUT2D eigenvalue weighted by Gasteiger charge is 2.20. The van der Waals surface area contributed by atoms with Gasteiger partial charge in [-0.2, -0.15) is 0 Å². The van der Waals surface area contributed by atoms with Crippen LogP contribution in [0.4, 0.5) is 0 Å². The fourth-order valence-electron chi connectivity index (χ4n) is 2.19. The number of nitrogens with one attached hydrogen (secondary N) is 2. The average molecular weight is 293 g/mol. The standard InChI is InChI=1S/C12H27N3O3S/c1-15(8-9-18-2)7-6-14-19(16,17)11-12-4-3-5-13-10-12/h12-14H,3-11H2,1-2H3. The minimum Gasteiger partial charge on any atom is -0.383 e. The second-order valence-electron chi connectivity index (χ2n) is 5.18. The van der Waals surface area contributed by atoms with Gasteiger partial charge in [0.2, 0.25) is 10.0 Å². The summed E-state index contributed by atoms with van der Waals surface area (Å²) in [7, 11) is 0.473. The number of sulfonamides is 1. The lowest BCUT2D eigenvalue weighted by atomic mass is 10.0. The van der Waals surface area contributed by atoms with Gasteiger partial charge in [-0.25, -0.2) is 13.1 Å². The normalized spacial score (nSPS) is 20.9. The summed E-state index contributed by atoms with van der Waals surface area (Å²) >= 11 is 0. The molecule has 114 valence electrons. The smallest absolute Gasteiger partial charge is 0.211 e. The lowest BCUT2D eigenvalue weighted by molar-refractivity contribution is 0.162. The van der Waals surface area contributed by atoms with Gasteiger partial charge in [-0.1, -0.05) is 0 Å². The molecule has 1 saturated heterocycles. The van der Waals surface area contributed by atoms with E-state index in [1.54, 1.807) is 7.11 Å². The first-order valence-corrected chi connectivity index (χ1v) is 8.54. The minimum absolute atomic E-state index is 0.238. The van der Waals surface area contributed by atoms with Crippen LogP contribution < -0.4 is 10.0 Å². The molecule has 6 nitrogen and oxygen atoms in total. The monoisotopic (exact) mass is 293 g/mol. The first-order chi connectivity index (χ1) is 9.03. The fraction of sp³-hybridized carbons (Fsp3) is 1.00. The number of hydrogen-bond donors (Lipinski definition) is 2. The Bertz CT molecular complexity index is 329. The van der Waals surface area contributed by atoms with E-state index in [0.29, 0.717) is 19.7 Å². The van der Waals surface area contributed by atoms with Crippen LogP contribution in [0.1, 0.15) is 12.8 Å². The molecule has 0 aromatic rings. The maximum atomic E-state index is 11.9. The van der Waals surface area contributed by atoms with Gasteiger partial charge >= 0.3 is 0 Å². The Kier molecular flexibility index (Phi) is 7.86. The predicted octanol–water partition coefficient (Wildman–Crippen LogP) is -0.516. The van der Waals surface area contributed by atoms with Gasteiger partial charge in [0.25, 0.3) is 0 Å². The van der Waals surface area contributed by atoms with Crippen LogP contribution in [-0.4, -0.2) is 72.6 Å². The van der Waals surface area contributed by atoms with Crippen molar-refractivity contribution >= 4 is 10.0 Å². The molecular weight excluding hydrogens is 266 g/mol. The quantitative estimate of drug-likeness (QED) is 0.599. The summed E-state index contributed by atoms with van der Waals surface area (Å²) in [5.74, 6) is 0.486. The maximum absolute atomic E-state index is 11.9. The van der Waals surface area contributed by atoms with Gasteiger partial charge in [0, 0.05) is 26.7 Å². The van der Waals surface area contributed by atoms with Crippen LogP contribution in [0.2, 0.25) is 0 Å². The molecule has 0 saturated carbocycles. The second kappa shape index (κ2) is 8.86. The summed E-state index contributed by atoms with van der Waals surface area (Å²) in [4.78, 5) is 2.05. The molecule has 1 aliphatic heterocycles. The van der Waals surface area contributed by atoms with Crippen LogP contribution in [0.25, 0.3) is 0 Å². The van der Waals surface area contributed by atoms with E-state index in [1.165, 1.54) is 0 Å². The number of piperidine rings is 1. The molecule has 0 bridgehead atoms. The van der Waals surface area contributed by atoms with Crippen molar-refractivity contribution < 1.29 is 13.2 Å². The van der Waals surface area contributed by atoms with Crippen molar-refractivity contribution in [3.05, 3.63) is 0 Å². The van der Waals surface area contributed by atoms with Crippen LogP contribution in [0.3, 0.4) is 0 Å². The molecule has 1 unspecified atom stereocenters. The van der Waals surface area contributed by atoms with Crippen molar-refractivity contribution in [3.63, 3.8) is 0 Å². The molecule has 0 aliphatic carbocycles. The third-order valence-electron chi connectivity index (χ3n) is 3.35. The number of nitrogens with zero attached hydrogens (tertiary/aromatic N) is 1. The zero-order chi connectivity index (χ0) is 14.1. The lowest BCUT2D eigenvalue weighted by Crippen LogP contribution is -2.40. The van der Waals surface area contributed by atoms with Crippen molar-refractivity contribution in [2.24, 2.45) is 5.92 Å². The van der Waals surface area contributed by atoms with E-state index in [2.05, 4.69) is 10.0 Å². The molecule has 2 N–H and O–H groups in total. The molecule has 1 heterocycles. The molecule has 19 heavy (non-hydrogen) atoms. The first kappa shape index (κ1) is 16.8. The van der Waals surface area contributed by atoms with Gasteiger partial charge in [0.05, 0.1) is 12.4 Å². The zero-order valence-electron chi connectivity index (χ0n) is 12.0. The topological polar surface area (TPSA) is 70.7 Å². The van der Waals surface area contributed by atoms with Gasteiger partial charge in [-0.15, -0.1) is 0 Å². The van der Waals surface area contributed by atoms with Gasteiger partial charge in [-0.05, 0) is 38.9 Å². The highest BCUT2D eigenvalue weighted by atomic mass is 32.2. The Balaban J connectivity index is 2.19. The highest BCUT2D eigenvalue weighted by molar-refractivity contribution is 7.89. The van der Waals surface area contributed by atoms with E-state index in [0.717, 1.165) is 32.5 Å². The Morgan fingerprint density at radius 3 is 2.84 bits per heavy atom. The number of likely N-dealkylation sites (N-methyl/N-ethyl adjacent to an activating group) is 1. The molecule has 0 spiro atoms. The van der Waals surface area contributed by atoms with E-state index in [9.17, 15) is 8.42 Å². The molecule has 0 aromatic carbocycles. The second-order valence-corrected chi connectivity index (χ2v) is 7.04. The van der Waals surface area contributed by atoms with Crippen LogP contribution in [0.5, 0.6) is 0 Å². The van der Waals surface area contributed by atoms with E-state index in [4.69, 9.17) is 4.74 Å². The summed E-state index contributed by atoms with van der Waals surface area (Å²) in [5.41, 5.74) is 0. The third-order valence-corrected chi connectivity index (χ3v) is 4.90. The van der Waals surface area contributed by atoms with E-state index in [-0.39, 0.29) is 11.7 Å². The molecule has 0 radical (unpaired) electrons. The summed E-state index contributed by atoms with van der Waals surface area (Å²) in [5, 5.41) is 3.24. The SMILES string of the molecule is COCCN(C)CCNS(=O)(=O)CC1CCCNC1. The Labute approximate surface area is 116 Å². The molecule has 1 fully saturated rings. The summed E-state index contributed by atoms with van der Waals surface area (Å²) in [6, 6.07) is 0. The Hall–Kier alpha value is -0.210. The van der Waals surface area contributed by atoms with Crippen molar-refractivity contribution in [1.29, 1.82) is 0 Å². The van der Waals surface area contributed by atoms with Gasteiger partial charge in [-0.3, -0.25) is 0 Å².